The van der Waals surface area contributed by atoms with Crippen LogP contribution in [0.4, 0.5) is 0 Å². The van der Waals surface area contributed by atoms with Crippen molar-refractivity contribution in [2.45, 2.75) is 61.4 Å². The zero-order chi connectivity index (χ0) is 30.2. The van der Waals surface area contributed by atoms with Gasteiger partial charge in [-0.15, -0.1) is 0 Å². The van der Waals surface area contributed by atoms with Crippen LogP contribution in [0.1, 0.15) is 35.1 Å². The summed E-state index contributed by atoms with van der Waals surface area (Å²) in [6.07, 6.45) is 2.33. The lowest BCUT2D eigenvalue weighted by molar-refractivity contribution is 0.317. The van der Waals surface area contributed by atoms with Gasteiger partial charge in [0, 0.05) is 30.6 Å². The Morgan fingerprint density at radius 3 is 1.26 bits per heavy atom. The molecule has 8 heteroatoms. The molecule has 2 atom stereocenters. The summed E-state index contributed by atoms with van der Waals surface area (Å²) in [7, 11) is -7.62. The van der Waals surface area contributed by atoms with Crippen LogP contribution in [0, 0.1) is 19.3 Å². The molecule has 0 bridgehead atoms. The third-order valence-electron chi connectivity index (χ3n) is 9.02. The van der Waals surface area contributed by atoms with Crippen molar-refractivity contribution < 1.29 is 16.8 Å². The van der Waals surface area contributed by atoms with Crippen molar-refractivity contribution in [3.05, 3.63) is 131 Å². The molecule has 2 aliphatic heterocycles. The highest BCUT2D eigenvalue weighted by Crippen LogP contribution is 2.49. The predicted molar refractivity (Wildman–Crippen MR) is 170 cm³/mol. The quantitative estimate of drug-likeness (QED) is 0.244. The van der Waals surface area contributed by atoms with E-state index in [1.165, 1.54) is 0 Å². The molecule has 4 aromatic carbocycles. The number of sulfonamides is 2. The summed E-state index contributed by atoms with van der Waals surface area (Å²) in [6, 6.07) is 33.4. The van der Waals surface area contributed by atoms with Crippen molar-refractivity contribution in [2.75, 3.05) is 13.1 Å². The lowest BCUT2D eigenvalue weighted by Crippen LogP contribution is -2.39. The van der Waals surface area contributed by atoms with Gasteiger partial charge in [0.25, 0.3) is 0 Å². The second-order valence-corrected chi connectivity index (χ2v) is 16.1. The zero-order valence-corrected chi connectivity index (χ0v) is 26.3. The average Bonchev–Trinajstić information content (AvgIpc) is 3.54. The number of aryl methyl sites for hydroxylation is 2. The van der Waals surface area contributed by atoms with Crippen molar-refractivity contribution in [3.63, 3.8) is 0 Å². The summed E-state index contributed by atoms with van der Waals surface area (Å²) in [4.78, 5) is 0.548. The maximum Gasteiger partial charge on any atom is 0.243 e. The monoisotopic (exact) mass is 614 g/mol. The Morgan fingerprint density at radius 2 is 0.907 bits per heavy atom. The third-order valence-corrected chi connectivity index (χ3v) is 12.8. The molecule has 1 spiro atoms. The van der Waals surface area contributed by atoms with Gasteiger partial charge in [-0.1, -0.05) is 96.1 Å². The van der Waals surface area contributed by atoms with E-state index in [2.05, 4.69) is 0 Å². The lowest BCUT2D eigenvalue weighted by atomic mass is 9.81. The fourth-order valence-electron chi connectivity index (χ4n) is 6.89. The van der Waals surface area contributed by atoms with Crippen LogP contribution in [-0.2, 0) is 32.9 Å². The van der Waals surface area contributed by atoms with E-state index in [9.17, 15) is 16.8 Å². The molecule has 2 unspecified atom stereocenters. The number of hydrogen-bond donors (Lipinski definition) is 0. The molecule has 6 nitrogen and oxygen atoms in total. The Labute approximate surface area is 256 Å². The van der Waals surface area contributed by atoms with Crippen LogP contribution < -0.4 is 0 Å². The highest BCUT2D eigenvalue weighted by molar-refractivity contribution is 7.89. The molecule has 4 aromatic rings. The van der Waals surface area contributed by atoms with Gasteiger partial charge in [-0.3, -0.25) is 0 Å². The molecule has 0 saturated carbocycles. The maximum atomic E-state index is 14.2. The molecule has 2 heterocycles. The van der Waals surface area contributed by atoms with Crippen LogP contribution in [0.2, 0.25) is 0 Å². The maximum absolute atomic E-state index is 14.2. The van der Waals surface area contributed by atoms with E-state index >= 15 is 0 Å². The van der Waals surface area contributed by atoms with E-state index in [1.54, 1.807) is 32.9 Å². The Hall–Kier alpha value is -3.30. The van der Waals surface area contributed by atoms with E-state index < -0.39 is 25.5 Å². The largest absolute Gasteiger partial charge is 0.243 e. The minimum Gasteiger partial charge on any atom is -0.207 e. The molecule has 0 aliphatic carbocycles. The molecular weight excluding hydrogens is 577 g/mol. The van der Waals surface area contributed by atoms with E-state index in [-0.39, 0.29) is 35.0 Å². The number of benzene rings is 4. The van der Waals surface area contributed by atoms with Gasteiger partial charge in [0.1, 0.15) is 0 Å². The van der Waals surface area contributed by atoms with Crippen molar-refractivity contribution in [1.29, 1.82) is 0 Å². The van der Waals surface area contributed by atoms with Crippen LogP contribution >= 0.6 is 0 Å². The molecular formula is C35H38N2O4S2. The Kier molecular flexibility index (Phi) is 8.07. The third kappa shape index (κ3) is 6.07. The molecule has 0 amide bonds. The van der Waals surface area contributed by atoms with Crippen molar-refractivity contribution in [2.24, 2.45) is 5.41 Å². The highest BCUT2D eigenvalue weighted by Gasteiger charge is 2.56. The molecule has 224 valence electrons. The smallest absolute Gasteiger partial charge is 0.207 e. The fraction of sp³-hybridized carbons (Fsp3) is 0.314. The van der Waals surface area contributed by atoms with Crippen LogP contribution in [-0.4, -0.2) is 50.6 Å². The van der Waals surface area contributed by atoms with Crippen molar-refractivity contribution >= 4 is 20.0 Å². The van der Waals surface area contributed by atoms with Crippen LogP contribution in [0.25, 0.3) is 0 Å². The SMILES string of the molecule is Cc1ccc(S(=O)(=O)N2CC3(CC2Cc2ccccc2)CC(Cc2ccccc2)N(S(=O)(=O)c2ccc(C)cc2)C3)cc1. The Bertz CT molecular complexity index is 1640. The molecule has 2 aliphatic rings. The van der Waals surface area contributed by atoms with Crippen LogP contribution in [0.5, 0.6) is 0 Å². The van der Waals surface area contributed by atoms with Crippen LogP contribution in [0.15, 0.2) is 119 Å². The van der Waals surface area contributed by atoms with Gasteiger partial charge in [0.05, 0.1) is 9.79 Å². The summed E-state index contributed by atoms with van der Waals surface area (Å²) < 4.78 is 60.1. The Morgan fingerprint density at radius 1 is 0.558 bits per heavy atom. The first-order valence-corrected chi connectivity index (χ1v) is 17.7. The number of rotatable bonds is 8. The van der Waals surface area contributed by atoms with Gasteiger partial charge in [-0.05, 0) is 74.9 Å². The van der Waals surface area contributed by atoms with Crippen molar-refractivity contribution in [1.82, 2.24) is 8.61 Å². The molecule has 2 saturated heterocycles. The van der Waals surface area contributed by atoms with Gasteiger partial charge < -0.3 is 0 Å². The second-order valence-electron chi connectivity index (χ2n) is 12.3. The molecule has 0 aromatic heterocycles. The minimum atomic E-state index is -3.81. The Balaban J connectivity index is 1.39. The summed E-state index contributed by atoms with van der Waals surface area (Å²) in [5.41, 5.74) is 3.62. The van der Waals surface area contributed by atoms with Crippen molar-refractivity contribution in [3.8, 4) is 0 Å². The van der Waals surface area contributed by atoms with E-state index in [4.69, 9.17) is 0 Å². The summed E-state index contributed by atoms with van der Waals surface area (Å²) in [6.45, 7) is 4.44. The molecule has 43 heavy (non-hydrogen) atoms. The predicted octanol–water partition coefficient (Wildman–Crippen LogP) is 6.00. The van der Waals surface area contributed by atoms with E-state index in [0.717, 1.165) is 22.3 Å². The van der Waals surface area contributed by atoms with Gasteiger partial charge >= 0.3 is 0 Å². The topological polar surface area (TPSA) is 74.8 Å². The zero-order valence-electron chi connectivity index (χ0n) is 24.6. The first-order valence-electron chi connectivity index (χ1n) is 14.8. The first-order chi connectivity index (χ1) is 20.6. The van der Waals surface area contributed by atoms with Gasteiger partial charge in [-0.25, -0.2) is 16.8 Å². The van der Waals surface area contributed by atoms with Gasteiger partial charge in [-0.2, -0.15) is 8.61 Å². The molecule has 2 fully saturated rings. The summed E-state index contributed by atoms with van der Waals surface area (Å²) in [5, 5.41) is 0. The van der Waals surface area contributed by atoms with Crippen LogP contribution in [0.3, 0.4) is 0 Å². The van der Waals surface area contributed by atoms with E-state index in [1.807, 2.05) is 98.8 Å². The normalized spacial score (nSPS) is 23.2. The molecule has 6 rings (SSSR count). The summed E-state index contributed by atoms with van der Waals surface area (Å²) in [5.74, 6) is 0. The minimum absolute atomic E-state index is 0.274. The van der Waals surface area contributed by atoms with E-state index in [0.29, 0.717) is 25.7 Å². The first kappa shape index (κ1) is 29.8. The lowest BCUT2D eigenvalue weighted by Gasteiger charge is -2.25. The molecule has 0 radical (unpaired) electrons. The number of nitrogens with zero attached hydrogens (tertiary/aromatic N) is 2. The van der Waals surface area contributed by atoms with Gasteiger partial charge in [0.15, 0.2) is 0 Å². The summed E-state index contributed by atoms with van der Waals surface area (Å²) >= 11 is 0. The number of hydrogen-bond acceptors (Lipinski definition) is 4. The standard InChI is InChI=1S/C35H38N2O4S2/c1-27-13-17-33(18-14-27)42(38,39)36-25-35(23-31(36)21-29-9-5-3-6-10-29)24-32(22-30-11-7-4-8-12-30)37(26-35)43(40,41)34-19-15-28(2)16-20-34/h3-20,31-32H,21-26H2,1-2H3. The highest BCUT2D eigenvalue weighted by atomic mass is 32.2. The molecule has 0 N–H and O–H groups in total. The fourth-order valence-corrected chi connectivity index (χ4v) is 10.4. The van der Waals surface area contributed by atoms with Gasteiger partial charge in [0.2, 0.25) is 20.0 Å². The average molecular weight is 615 g/mol. The second kappa shape index (κ2) is 11.7.